The van der Waals surface area contributed by atoms with E-state index in [-0.39, 0.29) is 0 Å². The Morgan fingerprint density at radius 2 is 0.326 bits per heavy atom. The van der Waals surface area contributed by atoms with Crippen LogP contribution in [0.5, 0.6) is 0 Å². The Hall–Kier alpha value is 1.81. The smallest absolute Gasteiger partial charge is 0.388 e. The lowest BCUT2D eigenvalue weighted by Gasteiger charge is -2.24. The molecule has 2 unspecified atom stereocenters. The van der Waals surface area contributed by atoms with Gasteiger partial charge in [-0.25, -0.2) is 0 Å². The second-order valence-corrected chi connectivity index (χ2v) is 336. The number of hydrogen-bond acceptors (Lipinski definition) is 62. The molecule has 0 aliphatic rings. The highest BCUT2D eigenvalue weighted by atomic mass is 30.2. The van der Waals surface area contributed by atoms with E-state index in [4.69, 9.17) is 8.23 Å². The molecule has 0 heterocycles. The Balaban J connectivity index is 6.21. The van der Waals surface area contributed by atoms with Crippen LogP contribution in [0, 0.1) is 0 Å². The van der Waals surface area contributed by atoms with Crippen molar-refractivity contribution in [1.82, 2.24) is 0 Å². The van der Waals surface area contributed by atoms with Crippen LogP contribution in [0.15, 0.2) is 0 Å². The molecule has 2 atom stereocenters. The van der Waals surface area contributed by atoms with E-state index in [2.05, 4.69) is 0 Å². The molecular weight excluding hydrogens is 2970 g/mol. The van der Waals surface area contributed by atoms with Crippen molar-refractivity contribution in [3.63, 3.8) is 0 Å². The standard InChI is InChI=1S/C8H20F3O62Si65/c1-77(74-12)72-75-78(13)80(15)82(17)84(19)86(21)89(24)125(60)128(63)130(65)132(67)134(69)136(71)138(5,7-6-8(9,10)11)73-76-79(14)81(16)83(18)85(20)87(22)88(23)90(25)91(26)92(27)93(28)94(29)95(30)96(31)97(32)98(33)99(34)100(35)101(36)102(37)103(38)104(39)105(40)106(41)107(42)108(43)109(44)110(45)111(46)112(47)113(48)114(49)115(50)116(51)117(52)118(53)119(54)120(55)121(56)122(57)123(58)124(59)126(61)127(62)129(64)131(66)133(68)135(70)137(2,3)4/h77H,6-7H2,1-5H3. The fraction of sp³-hybridized carbons (Fsp3) is 1.00. The molecule has 0 aliphatic carbocycles. The van der Waals surface area contributed by atoms with Gasteiger partial charge in [0.05, 0.1) is 0 Å². The van der Waals surface area contributed by atoms with Crippen molar-refractivity contribution in [3.8, 4) is 0 Å². The summed E-state index contributed by atoms with van der Waals surface area (Å²) in [5.74, 6) is 0. The molecule has 0 aromatic rings. The minimum Gasteiger partial charge on any atom is -0.453 e. The van der Waals surface area contributed by atoms with Gasteiger partial charge in [0.15, 0.2) is 0 Å². The summed E-state index contributed by atoms with van der Waals surface area (Å²) in [7, 11) is -295. The molecule has 138 heavy (non-hydrogen) atoms. The van der Waals surface area contributed by atoms with Crippen molar-refractivity contribution >= 4 is 507 Å². The summed E-state index contributed by atoms with van der Waals surface area (Å²) in [6.45, 7) is 5.95. The molecule has 0 saturated heterocycles. The summed E-state index contributed by atoms with van der Waals surface area (Å²) in [6.07, 6.45) is -7.38. The molecule has 0 amide bonds. The number of halogens is 3. The predicted molar refractivity (Wildman–Crippen MR) is 464 cm³/mol. The van der Waals surface area contributed by atoms with Crippen LogP contribution in [-0.4, -0.2) is 513 Å². The van der Waals surface area contributed by atoms with E-state index < -0.39 is 525 Å². The van der Waals surface area contributed by atoms with Crippen LogP contribution >= 0.6 is 0 Å². The van der Waals surface area contributed by atoms with Gasteiger partial charge in [0, 0.05) is 6.42 Å². The van der Waals surface area contributed by atoms with Crippen molar-refractivity contribution in [2.75, 3.05) is 0 Å². The van der Waals surface area contributed by atoms with Gasteiger partial charge in [-0.3, -0.25) is 0 Å². The van der Waals surface area contributed by atoms with Gasteiger partial charge in [-0.15, -0.1) is 0 Å². The molecule has 5 radical (unpaired) electrons. The molecule has 0 rings (SSSR count). The van der Waals surface area contributed by atoms with Crippen LogP contribution in [0.2, 0.25) is 38.8 Å². The van der Waals surface area contributed by atoms with Crippen LogP contribution in [0.3, 0.4) is 0 Å². The van der Waals surface area contributed by atoms with Gasteiger partial charge >= 0.3 is 470 Å². The second-order valence-electron chi connectivity index (χ2n) is 25.2. The Morgan fingerprint density at radius 3 is 0.457 bits per heavy atom. The van der Waals surface area contributed by atoms with Crippen molar-refractivity contribution in [1.29, 1.82) is 0 Å². The van der Waals surface area contributed by atoms with E-state index in [0.717, 1.165) is 0 Å². The summed E-state index contributed by atoms with van der Waals surface area (Å²) in [5.41, 5.74) is 0. The Bertz CT molecular complexity index is 6530. The van der Waals surface area contributed by atoms with Crippen molar-refractivity contribution in [2.24, 2.45) is 0 Å². The quantitative estimate of drug-likeness (QED) is 0.0510. The van der Waals surface area contributed by atoms with Crippen LogP contribution < -0.4 is 0 Å². The molecule has 705 valence electrons. The third-order valence-electron chi connectivity index (χ3n) is 14.7. The molecule has 0 aliphatic heterocycles. The zero-order chi connectivity index (χ0) is 109. The van der Waals surface area contributed by atoms with Gasteiger partial charge in [0.2, 0.25) is 16.4 Å². The van der Waals surface area contributed by atoms with Gasteiger partial charge in [-0.2, -0.15) is 13.2 Å². The molecule has 62 nitrogen and oxygen atoms in total. The minimum absolute atomic E-state index is 0.463. The lowest BCUT2D eigenvalue weighted by atomic mass is 10.5. The summed E-state index contributed by atoms with van der Waals surface area (Å²) in [4.78, 5) is 0. The minimum atomic E-state index is -5.29. The first-order valence-electron chi connectivity index (χ1n) is 33.0. The molecule has 0 spiro atoms. The van der Waals surface area contributed by atoms with Crippen molar-refractivity contribution in [3.05, 3.63) is 0 Å². The van der Waals surface area contributed by atoms with Gasteiger partial charge in [0.1, 0.15) is 7.59 Å². The van der Waals surface area contributed by atoms with E-state index in [9.17, 15) is 281 Å². The lowest BCUT2D eigenvalue weighted by molar-refractivity contribution is -0.131. The van der Waals surface area contributed by atoms with Crippen LogP contribution in [-0.2, 0) is 276 Å². The van der Waals surface area contributed by atoms with E-state index in [1.165, 1.54) is 26.2 Å². The third kappa shape index (κ3) is 37.6. The predicted octanol–water partition coefficient (Wildman–Crippen LogP) is -27.5. The maximum Gasteiger partial charge on any atom is 0.388 e. The van der Waals surface area contributed by atoms with Gasteiger partial charge in [-0.1, -0.05) is 19.6 Å². The lowest BCUT2D eigenvalue weighted by Crippen LogP contribution is -2.60. The highest BCUT2D eigenvalue weighted by Gasteiger charge is 2.64. The molecule has 0 aromatic heterocycles. The maximum atomic E-state index is 13.7. The first kappa shape index (κ1) is 140. The Labute approximate surface area is 836 Å². The van der Waals surface area contributed by atoms with Crippen LogP contribution in [0.4, 0.5) is 13.2 Å². The SMILES string of the molecule is C[SiH](O[Si][Si](=O)[Si](=O)[Si](=O)[Si](=O)[Si](=O)[Si](=O)[Si](=O)[Si](=O)[Si](=O)[Si](=O)[Si](=O)[Si](=O)[Si](C)(CCC(F)(F)F)O[Si][Si](=O)[Si](=O)[Si](=O)[Si](=O)[Si](=O)[Si](=O)[Si](=O)[Si](=O)[Si](=O)[Si](=O)[Si](=O)[Si](=O)[Si](=O)[Si](=O)[Si](=O)[Si](=O)[Si](=O)[Si](=O)[Si](=O)[Si](=O)[Si](=O)[Si](=O)[Si](=O)[Si](=O)[Si](=O)[Si](=O)[Si](=O)[Si](=O)[Si](=O)[Si](=O)[Si](=O)[Si](=O)[Si](=O)[Si](=O)[Si](=O)[Si](=O)[Si](=O)[Si](=O)[Si](=O)[Si](=O)[Si](=O)[Si](=O)[Si](=O)[Si](=O)[Si](=O)[Si](=O)[Si](=O)[Si](C)(C)C)[Si]=O. The molecule has 130 heteroatoms. The molecule has 0 N–H and O–H groups in total. The fourth-order valence-corrected chi connectivity index (χ4v) is 736. The van der Waals surface area contributed by atoms with Crippen molar-refractivity contribution < 1.29 is 289 Å². The van der Waals surface area contributed by atoms with Crippen molar-refractivity contribution in [2.45, 2.75) is 51.4 Å². The first-order valence-corrected chi connectivity index (χ1v) is 189. The topological polar surface area (TPSA) is 1040 Å². The van der Waals surface area contributed by atoms with Gasteiger partial charge < -0.3 is 276 Å². The van der Waals surface area contributed by atoms with E-state index in [1.54, 1.807) is 0 Å². The van der Waals surface area contributed by atoms with Crippen LogP contribution in [0.25, 0.3) is 0 Å². The second kappa shape index (κ2) is 61.6. The monoisotopic (exact) mass is 2980 g/mol. The normalized spacial score (nSPS) is 11.1. The summed E-state index contributed by atoms with van der Waals surface area (Å²) in [5, 5.41) is 0. The maximum absolute atomic E-state index is 13.7. The summed E-state index contributed by atoms with van der Waals surface area (Å²) >= 11 is 0. The number of alkyl halides is 3. The molecule has 0 saturated carbocycles. The Kier molecular flexibility index (Phi) is 62.4. The van der Waals surface area contributed by atoms with E-state index in [1.807, 2.05) is 0 Å². The summed E-state index contributed by atoms with van der Waals surface area (Å²) < 4.78 is 824. The fourth-order valence-electron chi connectivity index (χ4n) is 7.26. The molecule has 0 bridgehead atoms. The first-order chi connectivity index (χ1) is 62.6. The highest BCUT2D eigenvalue weighted by molar-refractivity contribution is 7.88. The number of hydrogen-bond donors (Lipinski definition) is 0. The zero-order valence-corrected chi connectivity index (χ0v) is 131. The zero-order valence-electron chi connectivity index (χ0n) is 65.9. The average Bonchev–Trinajstić information content (AvgIpc) is 0.808. The largest absolute Gasteiger partial charge is 0.453 e. The van der Waals surface area contributed by atoms with Gasteiger partial charge in [0.25, 0.3) is 18.6 Å². The highest BCUT2D eigenvalue weighted by Crippen LogP contribution is 2.27. The van der Waals surface area contributed by atoms with E-state index in [0.29, 0.717) is 6.55 Å². The van der Waals surface area contributed by atoms with Gasteiger partial charge in [-0.05, 0) is 19.1 Å². The number of rotatable bonds is 68. The summed E-state index contributed by atoms with van der Waals surface area (Å²) in [6, 6.07) is -1.58. The molecular formula is C8H20F3O62Si65. The van der Waals surface area contributed by atoms with Crippen LogP contribution in [0.1, 0.15) is 6.42 Å². The molecule has 0 aromatic carbocycles. The molecule has 0 fully saturated rings. The average molecular weight is 2990 g/mol. The third-order valence-corrected chi connectivity index (χ3v) is 505. The van der Waals surface area contributed by atoms with E-state index >= 15 is 0 Å². The Morgan fingerprint density at radius 1 is 0.203 bits per heavy atom.